The molecule has 0 radical (unpaired) electrons. The largest absolute Gasteiger partial charge is 0.452 e. The highest BCUT2D eigenvalue weighted by atomic mass is 16.5. The molecule has 2 aromatic rings. The Morgan fingerprint density at radius 3 is 2.26 bits per heavy atom. The van der Waals surface area contributed by atoms with Crippen molar-refractivity contribution in [3.8, 4) is 0 Å². The molecule has 2 aromatic carbocycles. The molecule has 4 rings (SSSR count). The predicted molar refractivity (Wildman–Crippen MR) is 121 cm³/mol. The third kappa shape index (κ3) is 4.83. The van der Waals surface area contributed by atoms with Crippen LogP contribution in [0.4, 0.5) is 5.69 Å². The van der Waals surface area contributed by atoms with E-state index in [-0.39, 0.29) is 29.2 Å². The van der Waals surface area contributed by atoms with Gasteiger partial charge in [-0.05, 0) is 61.6 Å². The van der Waals surface area contributed by atoms with E-state index in [1.54, 1.807) is 30.3 Å². The van der Waals surface area contributed by atoms with Crippen LogP contribution in [0.5, 0.6) is 0 Å². The summed E-state index contributed by atoms with van der Waals surface area (Å²) in [6, 6.07) is 14.2. The average Bonchev–Trinajstić information content (AvgIpc) is 3.10. The molecule has 0 bridgehead atoms. The van der Waals surface area contributed by atoms with Gasteiger partial charge in [-0.3, -0.25) is 34.9 Å². The number of nitrogens with zero attached hydrogens (tertiary/aromatic N) is 1. The number of hydrazine groups is 1. The maximum atomic E-state index is 12.8. The number of nitrogens with one attached hydrogen (secondary N) is 2. The van der Waals surface area contributed by atoms with Crippen molar-refractivity contribution in [3.05, 3.63) is 65.7 Å². The first-order valence-electron chi connectivity index (χ1n) is 11.1. The second-order valence-corrected chi connectivity index (χ2v) is 8.63. The van der Waals surface area contributed by atoms with E-state index in [1.165, 1.54) is 29.2 Å². The number of esters is 1. The molecule has 1 heterocycles. The third-order valence-electron chi connectivity index (χ3n) is 6.23. The Morgan fingerprint density at radius 1 is 0.882 bits per heavy atom. The SMILES string of the molecule is C[C@@H]1CC[C@H]2C(=O)N(c3ccc(C(=O)OCC(=O)NNC(=O)c4ccccc4)cc3)C(=O)[C@H]2C1. The summed E-state index contributed by atoms with van der Waals surface area (Å²) in [6.07, 6.45) is 2.36. The Hall–Kier alpha value is -4.01. The van der Waals surface area contributed by atoms with E-state index >= 15 is 0 Å². The van der Waals surface area contributed by atoms with Gasteiger partial charge in [0.2, 0.25) is 11.8 Å². The molecule has 1 aliphatic carbocycles. The lowest BCUT2D eigenvalue weighted by Gasteiger charge is -2.25. The van der Waals surface area contributed by atoms with Gasteiger partial charge in [0.15, 0.2) is 6.61 Å². The van der Waals surface area contributed by atoms with Gasteiger partial charge in [0.1, 0.15) is 0 Å². The molecule has 0 spiro atoms. The number of ether oxygens (including phenoxy) is 1. The van der Waals surface area contributed by atoms with Crippen LogP contribution in [0.15, 0.2) is 54.6 Å². The quantitative estimate of drug-likeness (QED) is 0.398. The monoisotopic (exact) mass is 463 g/mol. The average molecular weight is 463 g/mol. The predicted octanol–water partition coefficient (Wildman–Crippen LogP) is 2.23. The van der Waals surface area contributed by atoms with Gasteiger partial charge in [-0.15, -0.1) is 0 Å². The molecular weight excluding hydrogens is 438 g/mol. The molecule has 0 unspecified atom stereocenters. The maximum absolute atomic E-state index is 12.8. The van der Waals surface area contributed by atoms with Crippen LogP contribution in [0.3, 0.4) is 0 Å². The van der Waals surface area contributed by atoms with Crippen molar-refractivity contribution < 1.29 is 28.7 Å². The van der Waals surface area contributed by atoms with E-state index in [4.69, 9.17) is 4.74 Å². The standard InChI is InChI=1S/C25H25N3O6/c1-15-7-12-19-20(13-15)24(32)28(23(19)31)18-10-8-17(9-11-18)25(33)34-14-21(29)26-27-22(30)16-5-3-2-4-6-16/h2-6,8-11,15,19-20H,7,12-14H2,1H3,(H,26,29)(H,27,30)/t15-,19-,20+/m1/s1. The Morgan fingerprint density at radius 2 is 1.56 bits per heavy atom. The van der Waals surface area contributed by atoms with Gasteiger partial charge in [0.05, 0.1) is 23.1 Å². The number of anilines is 1. The van der Waals surface area contributed by atoms with E-state index in [0.717, 1.165) is 6.42 Å². The molecule has 1 saturated carbocycles. The fourth-order valence-corrected chi connectivity index (χ4v) is 4.43. The lowest BCUT2D eigenvalue weighted by Crippen LogP contribution is -2.43. The number of carbonyl (C=O) groups is 5. The smallest absolute Gasteiger partial charge is 0.338 e. The van der Waals surface area contributed by atoms with Crippen molar-refractivity contribution in [1.82, 2.24) is 10.9 Å². The first-order valence-corrected chi connectivity index (χ1v) is 11.1. The second-order valence-electron chi connectivity index (χ2n) is 8.63. The summed E-state index contributed by atoms with van der Waals surface area (Å²) in [5.74, 6) is -2.47. The van der Waals surface area contributed by atoms with Gasteiger partial charge in [0, 0.05) is 5.56 Å². The Labute approximate surface area is 196 Å². The van der Waals surface area contributed by atoms with E-state index < -0.39 is 24.4 Å². The van der Waals surface area contributed by atoms with Crippen molar-refractivity contribution in [1.29, 1.82) is 0 Å². The van der Waals surface area contributed by atoms with Crippen molar-refractivity contribution in [3.63, 3.8) is 0 Å². The number of carbonyl (C=O) groups excluding carboxylic acids is 5. The lowest BCUT2D eigenvalue weighted by atomic mass is 9.76. The van der Waals surface area contributed by atoms with Crippen molar-refractivity contribution in [2.75, 3.05) is 11.5 Å². The second kappa shape index (κ2) is 9.86. The molecule has 3 atom stereocenters. The van der Waals surface area contributed by atoms with Gasteiger partial charge in [-0.25, -0.2) is 4.79 Å². The topological polar surface area (TPSA) is 122 Å². The summed E-state index contributed by atoms with van der Waals surface area (Å²) < 4.78 is 4.97. The molecule has 2 N–H and O–H groups in total. The van der Waals surface area contributed by atoms with Crippen LogP contribution >= 0.6 is 0 Å². The normalized spacial score (nSPS) is 21.6. The number of benzene rings is 2. The maximum Gasteiger partial charge on any atom is 0.338 e. The fraction of sp³-hybridized carbons (Fsp3) is 0.320. The fourth-order valence-electron chi connectivity index (χ4n) is 4.43. The molecule has 176 valence electrons. The molecule has 9 heteroatoms. The van der Waals surface area contributed by atoms with Gasteiger partial charge >= 0.3 is 5.97 Å². The number of hydrogen-bond donors (Lipinski definition) is 2. The number of amides is 4. The van der Waals surface area contributed by atoms with Gasteiger partial charge in [-0.1, -0.05) is 25.1 Å². The summed E-state index contributed by atoms with van der Waals surface area (Å²) >= 11 is 0. The molecule has 34 heavy (non-hydrogen) atoms. The molecule has 2 aliphatic rings. The van der Waals surface area contributed by atoms with E-state index in [1.807, 2.05) is 0 Å². The van der Waals surface area contributed by atoms with Crippen molar-refractivity contribution >= 4 is 35.3 Å². The van der Waals surface area contributed by atoms with Crippen LogP contribution in [-0.2, 0) is 19.1 Å². The van der Waals surface area contributed by atoms with E-state index in [0.29, 0.717) is 30.0 Å². The summed E-state index contributed by atoms with van der Waals surface area (Å²) in [5, 5.41) is 0. The van der Waals surface area contributed by atoms with Gasteiger partial charge in [-0.2, -0.15) is 0 Å². The summed E-state index contributed by atoms with van der Waals surface area (Å²) in [4.78, 5) is 62.9. The van der Waals surface area contributed by atoms with E-state index in [2.05, 4.69) is 17.8 Å². The summed E-state index contributed by atoms with van der Waals surface area (Å²) in [7, 11) is 0. The van der Waals surface area contributed by atoms with Crippen LogP contribution in [0, 0.1) is 17.8 Å². The Bertz CT molecular complexity index is 1120. The molecule has 9 nitrogen and oxygen atoms in total. The zero-order valence-corrected chi connectivity index (χ0v) is 18.7. The van der Waals surface area contributed by atoms with Crippen LogP contribution in [-0.4, -0.2) is 36.2 Å². The zero-order valence-electron chi connectivity index (χ0n) is 18.7. The number of fused-ring (bicyclic) bond motifs is 1. The minimum Gasteiger partial charge on any atom is -0.452 e. The summed E-state index contributed by atoms with van der Waals surface area (Å²) in [6.45, 7) is 1.49. The number of rotatable bonds is 5. The highest BCUT2D eigenvalue weighted by Crippen LogP contribution is 2.42. The lowest BCUT2D eigenvalue weighted by molar-refractivity contribution is -0.125. The molecule has 0 aromatic heterocycles. The number of hydrogen-bond acceptors (Lipinski definition) is 6. The van der Waals surface area contributed by atoms with Crippen molar-refractivity contribution in [2.45, 2.75) is 26.2 Å². The first-order chi connectivity index (χ1) is 16.3. The molecular formula is C25H25N3O6. The first kappa shape index (κ1) is 23.2. The molecule has 4 amide bonds. The number of imide groups is 1. The Balaban J connectivity index is 1.29. The molecule has 2 fully saturated rings. The third-order valence-corrected chi connectivity index (χ3v) is 6.23. The van der Waals surface area contributed by atoms with Crippen LogP contribution in [0.25, 0.3) is 0 Å². The van der Waals surface area contributed by atoms with Gasteiger partial charge < -0.3 is 4.74 Å². The minimum atomic E-state index is -0.752. The molecule has 1 aliphatic heterocycles. The van der Waals surface area contributed by atoms with E-state index in [9.17, 15) is 24.0 Å². The zero-order chi connectivity index (χ0) is 24.2. The Kier molecular flexibility index (Phi) is 6.72. The van der Waals surface area contributed by atoms with Crippen LogP contribution in [0.2, 0.25) is 0 Å². The summed E-state index contributed by atoms with van der Waals surface area (Å²) in [5.41, 5.74) is 5.35. The molecule has 1 saturated heterocycles. The minimum absolute atomic E-state index is 0.162. The van der Waals surface area contributed by atoms with Gasteiger partial charge in [0.25, 0.3) is 11.8 Å². The van der Waals surface area contributed by atoms with Crippen LogP contribution < -0.4 is 15.8 Å². The highest BCUT2D eigenvalue weighted by molar-refractivity contribution is 6.22. The highest BCUT2D eigenvalue weighted by Gasteiger charge is 2.49. The van der Waals surface area contributed by atoms with Crippen LogP contribution in [0.1, 0.15) is 46.9 Å². The van der Waals surface area contributed by atoms with Crippen molar-refractivity contribution in [2.24, 2.45) is 17.8 Å².